The maximum Gasteiger partial charge on any atom is 0.119 e. The third kappa shape index (κ3) is 4.92. The zero-order chi connectivity index (χ0) is 15.1. The first-order valence-electron chi connectivity index (χ1n) is 6.84. The molecule has 0 amide bonds. The first-order chi connectivity index (χ1) is 10.2. The highest BCUT2D eigenvalue weighted by Gasteiger charge is 2.12. The number of thioether (sulfide) groups is 1. The van der Waals surface area contributed by atoms with E-state index in [-0.39, 0.29) is 6.04 Å². The van der Waals surface area contributed by atoms with Gasteiger partial charge in [-0.25, -0.2) is 4.98 Å². The monoisotopic (exact) mass is 322 g/mol. The maximum absolute atomic E-state index is 5.86. The fourth-order valence-corrected chi connectivity index (χ4v) is 3.05. The van der Waals surface area contributed by atoms with Crippen LogP contribution in [0.5, 0.6) is 5.75 Å². The van der Waals surface area contributed by atoms with E-state index in [1.165, 1.54) is 5.56 Å². The van der Waals surface area contributed by atoms with E-state index >= 15 is 0 Å². The summed E-state index contributed by atoms with van der Waals surface area (Å²) in [6.45, 7) is 3.02. The van der Waals surface area contributed by atoms with Crippen LogP contribution in [-0.4, -0.2) is 24.4 Å². The summed E-state index contributed by atoms with van der Waals surface area (Å²) in [7, 11) is 1.69. The van der Waals surface area contributed by atoms with Crippen LogP contribution < -0.4 is 10.1 Å². The van der Waals surface area contributed by atoms with Crippen molar-refractivity contribution in [3.05, 3.63) is 53.2 Å². The number of halogens is 1. The van der Waals surface area contributed by atoms with Crippen molar-refractivity contribution in [2.45, 2.75) is 18.0 Å². The molecule has 1 heterocycles. The molecule has 0 radical (unpaired) electrons. The second-order valence-corrected chi connectivity index (χ2v) is 5.99. The van der Waals surface area contributed by atoms with Gasteiger partial charge in [0, 0.05) is 18.0 Å². The number of benzene rings is 1. The van der Waals surface area contributed by atoms with Gasteiger partial charge in [-0.2, -0.15) is 0 Å². The minimum Gasteiger partial charge on any atom is -0.497 e. The van der Waals surface area contributed by atoms with Crippen molar-refractivity contribution in [3.8, 4) is 5.75 Å². The highest BCUT2D eigenvalue weighted by molar-refractivity contribution is 7.99. The van der Waals surface area contributed by atoms with E-state index in [1.807, 2.05) is 24.3 Å². The number of nitrogens with one attached hydrogen (secondary N) is 1. The summed E-state index contributed by atoms with van der Waals surface area (Å²) >= 11 is 7.57. The molecule has 0 aliphatic rings. The van der Waals surface area contributed by atoms with E-state index < -0.39 is 0 Å². The van der Waals surface area contributed by atoms with E-state index in [4.69, 9.17) is 16.3 Å². The molecule has 3 nitrogen and oxygen atoms in total. The Balaban J connectivity index is 2.05. The first kappa shape index (κ1) is 16.1. The number of ether oxygens (including phenoxy) is 1. The number of hydrogen-bond donors (Lipinski definition) is 1. The highest BCUT2D eigenvalue weighted by atomic mass is 35.5. The summed E-state index contributed by atoms with van der Waals surface area (Å²) in [5, 5.41) is 5.14. The molecule has 0 bridgehead atoms. The van der Waals surface area contributed by atoms with Crippen LogP contribution >= 0.6 is 23.4 Å². The lowest BCUT2D eigenvalue weighted by Crippen LogP contribution is -2.23. The van der Waals surface area contributed by atoms with Crippen molar-refractivity contribution in [3.63, 3.8) is 0 Å². The van der Waals surface area contributed by atoms with Gasteiger partial charge in [0.1, 0.15) is 5.75 Å². The van der Waals surface area contributed by atoms with Gasteiger partial charge in [-0.15, -0.1) is 11.8 Å². The minimum absolute atomic E-state index is 0.257. The predicted octanol–water partition coefficient (Wildman–Crippen LogP) is 4.19. The topological polar surface area (TPSA) is 34.2 Å². The number of nitrogens with zero attached hydrogens (tertiary/aromatic N) is 1. The van der Waals surface area contributed by atoms with Crippen molar-refractivity contribution in [2.24, 2.45) is 0 Å². The Hall–Kier alpha value is -1.23. The number of hydrogen-bond acceptors (Lipinski definition) is 4. The molecule has 2 aromatic rings. The average molecular weight is 323 g/mol. The van der Waals surface area contributed by atoms with E-state index in [0.29, 0.717) is 5.02 Å². The fourth-order valence-electron chi connectivity index (χ4n) is 1.99. The Morgan fingerprint density at radius 3 is 2.86 bits per heavy atom. The van der Waals surface area contributed by atoms with Crippen molar-refractivity contribution in [1.29, 1.82) is 0 Å². The van der Waals surface area contributed by atoms with Crippen molar-refractivity contribution in [1.82, 2.24) is 10.3 Å². The Labute approximate surface area is 135 Å². The summed E-state index contributed by atoms with van der Waals surface area (Å²) in [6.07, 6.45) is 1.68. The van der Waals surface area contributed by atoms with Gasteiger partial charge >= 0.3 is 0 Å². The van der Waals surface area contributed by atoms with Crippen LogP contribution in [0.15, 0.2) is 47.6 Å². The summed E-state index contributed by atoms with van der Waals surface area (Å²) in [5.74, 6) is 1.78. The molecule has 0 fully saturated rings. The standard InChI is InChI=1S/C16H19ClN2OS/c1-3-18-15(12-5-4-6-14(9-12)20-2)11-21-16-8-7-13(17)10-19-16/h4-10,15,18H,3,11H2,1-2H3. The summed E-state index contributed by atoms with van der Waals surface area (Å²) < 4.78 is 5.30. The number of aromatic nitrogens is 1. The van der Waals surface area contributed by atoms with Gasteiger partial charge in [0.15, 0.2) is 0 Å². The molecule has 0 saturated carbocycles. The van der Waals surface area contributed by atoms with E-state index in [2.05, 4.69) is 29.4 Å². The second kappa shape index (κ2) is 8.27. The van der Waals surface area contributed by atoms with Gasteiger partial charge < -0.3 is 10.1 Å². The Morgan fingerprint density at radius 1 is 1.33 bits per heavy atom. The Kier molecular flexibility index (Phi) is 6.36. The van der Waals surface area contributed by atoms with Crippen molar-refractivity contribution >= 4 is 23.4 Å². The summed E-state index contributed by atoms with van der Waals surface area (Å²) in [6, 6.07) is 12.2. The highest BCUT2D eigenvalue weighted by Crippen LogP contribution is 2.26. The molecule has 21 heavy (non-hydrogen) atoms. The van der Waals surface area contributed by atoms with E-state index in [0.717, 1.165) is 23.1 Å². The quantitative estimate of drug-likeness (QED) is 0.775. The van der Waals surface area contributed by atoms with Gasteiger partial charge in [0.05, 0.1) is 17.2 Å². The molecule has 0 saturated heterocycles. The molecule has 2 rings (SSSR count). The third-order valence-electron chi connectivity index (χ3n) is 3.04. The molecule has 1 unspecified atom stereocenters. The molecule has 5 heteroatoms. The van der Waals surface area contributed by atoms with Crippen molar-refractivity contribution < 1.29 is 4.74 Å². The molecule has 0 spiro atoms. The molecular formula is C16H19ClN2OS. The number of rotatable bonds is 7. The fraction of sp³-hybridized carbons (Fsp3) is 0.312. The molecule has 0 aliphatic carbocycles. The van der Waals surface area contributed by atoms with Crippen molar-refractivity contribution in [2.75, 3.05) is 19.4 Å². The van der Waals surface area contributed by atoms with Crippen LogP contribution in [0.2, 0.25) is 5.02 Å². The smallest absolute Gasteiger partial charge is 0.119 e. The zero-order valence-corrected chi connectivity index (χ0v) is 13.7. The molecule has 1 atom stereocenters. The van der Waals surface area contributed by atoms with E-state index in [9.17, 15) is 0 Å². The van der Waals surface area contributed by atoms with Crippen LogP contribution in [0.1, 0.15) is 18.5 Å². The van der Waals surface area contributed by atoms with Gasteiger partial charge in [-0.05, 0) is 36.4 Å². The normalized spacial score (nSPS) is 12.1. The molecule has 1 aromatic carbocycles. The molecular weight excluding hydrogens is 304 g/mol. The average Bonchev–Trinajstić information content (AvgIpc) is 2.53. The molecule has 1 aromatic heterocycles. The van der Waals surface area contributed by atoms with Crippen LogP contribution in [-0.2, 0) is 0 Å². The number of methoxy groups -OCH3 is 1. The van der Waals surface area contributed by atoms with Gasteiger partial charge in [0.2, 0.25) is 0 Å². The molecule has 0 aliphatic heterocycles. The predicted molar refractivity (Wildman–Crippen MR) is 89.4 cm³/mol. The zero-order valence-electron chi connectivity index (χ0n) is 12.2. The SMILES string of the molecule is CCNC(CSc1ccc(Cl)cn1)c1cccc(OC)c1. The largest absolute Gasteiger partial charge is 0.497 e. The van der Waals surface area contributed by atoms with Crippen LogP contribution in [0.4, 0.5) is 0 Å². The van der Waals surface area contributed by atoms with Gasteiger partial charge in [-0.1, -0.05) is 30.7 Å². The van der Waals surface area contributed by atoms with Crippen LogP contribution in [0, 0.1) is 0 Å². The second-order valence-electron chi connectivity index (χ2n) is 4.51. The Morgan fingerprint density at radius 2 is 2.19 bits per heavy atom. The Bertz CT molecular complexity index is 562. The van der Waals surface area contributed by atoms with Gasteiger partial charge in [0.25, 0.3) is 0 Å². The number of pyridine rings is 1. The summed E-state index contributed by atoms with van der Waals surface area (Å²) in [4.78, 5) is 4.32. The van der Waals surface area contributed by atoms with Gasteiger partial charge in [-0.3, -0.25) is 0 Å². The molecule has 112 valence electrons. The maximum atomic E-state index is 5.86. The third-order valence-corrected chi connectivity index (χ3v) is 4.31. The first-order valence-corrected chi connectivity index (χ1v) is 8.21. The van der Waals surface area contributed by atoms with Crippen LogP contribution in [0.25, 0.3) is 0 Å². The lowest BCUT2D eigenvalue weighted by atomic mass is 10.1. The lowest BCUT2D eigenvalue weighted by molar-refractivity contribution is 0.413. The van der Waals surface area contributed by atoms with E-state index in [1.54, 1.807) is 25.1 Å². The summed E-state index contributed by atoms with van der Waals surface area (Å²) in [5.41, 5.74) is 1.22. The van der Waals surface area contributed by atoms with Crippen LogP contribution in [0.3, 0.4) is 0 Å². The minimum atomic E-state index is 0.257. The lowest BCUT2D eigenvalue weighted by Gasteiger charge is -2.18. The molecule has 1 N–H and O–H groups in total.